The van der Waals surface area contributed by atoms with E-state index in [1.54, 1.807) is 18.2 Å². The van der Waals surface area contributed by atoms with Crippen LogP contribution in [0.2, 0.25) is 0 Å². The SMILES string of the molecule is CCCCc1ccc(N2C(=O)C(=Cc3ccc(F)cc3)SC2=NN=C2C(=O)Nc3ccc(F)cc32)cc1. The Bertz CT molecular complexity index is 1460. The van der Waals surface area contributed by atoms with Crippen LogP contribution in [0, 0.1) is 11.6 Å². The van der Waals surface area contributed by atoms with E-state index >= 15 is 0 Å². The molecule has 2 aliphatic rings. The van der Waals surface area contributed by atoms with Gasteiger partial charge in [-0.05, 0) is 84.3 Å². The first kappa shape index (κ1) is 24.6. The van der Waals surface area contributed by atoms with Crippen LogP contribution in [-0.2, 0) is 16.0 Å². The van der Waals surface area contributed by atoms with Gasteiger partial charge < -0.3 is 5.32 Å². The molecule has 1 saturated heterocycles. The summed E-state index contributed by atoms with van der Waals surface area (Å²) in [6.45, 7) is 2.13. The van der Waals surface area contributed by atoms with Crippen LogP contribution in [0.3, 0.4) is 0 Å². The molecular weight excluding hydrogens is 494 g/mol. The molecule has 2 amide bonds. The molecule has 37 heavy (non-hydrogen) atoms. The predicted molar refractivity (Wildman–Crippen MR) is 144 cm³/mol. The van der Waals surface area contributed by atoms with Gasteiger partial charge in [0.25, 0.3) is 11.8 Å². The Kier molecular flexibility index (Phi) is 6.96. The summed E-state index contributed by atoms with van der Waals surface area (Å²) in [4.78, 5) is 27.7. The molecule has 0 spiro atoms. The molecule has 3 aromatic carbocycles. The second-order valence-corrected chi connectivity index (χ2v) is 9.56. The van der Waals surface area contributed by atoms with Crippen molar-refractivity contribution in [3.05, 3.63) is 100.0 Å². The van der Waals surface area contributed by atoms with E-state index in [0.717, 1.165) is 36.6 Å². The zero-order valence-corrected chi connectivity index (χ0v) is 20.7. The fourth-order valence-corrected chi connectivity index (χ4v) is 4.92. The van der Waals surface area contributed by atoms with Gasteiger partial charge in [0.1, 0.15) is 11.6 Å². The number of halogens is 2. The van der Waals surface area contributed by atoms with Gasteiger partial charge in [-0.2, -0.15) is 0 Å². The van der Waals surface area contributed by atoms with Gasteiger partial charge in [-0.1, -0.05) is 37.6 Å². The zero-order valence-electron chi connectivity index (χ0n) is 19.9. The molecular formula is C28H22F2N4O2S. The standard InChI is InChI=1S/C28H22F2N4O2S/c1-2-3-4-17-7-12-21(13-8-17)34-27(36)24(15-18-5-9-19(29)10-6-18)37-28(34)33-32-25-22-16-20(30)11-14-23(22)31-26(25)35/h5-16H,2-4H2,1H3,(H,31,32,35). The molecule has 186 valence electrons. The van der Waals surface area contributed by atoms with Crippen LogP contribution in [0.4, 0.5) is 20.2 Å². The topological polar surface area (TPSA) is 74.1 Å². The number of aryl methyl sites for hydroxylation is 1. The quantitative estimate of drug-likeness (QED) is 0.316. The van der Waals surface area contributed by atoms with Crippen LogP contribution in [0.5, 0.6) is 0 Å². The van der Waals surface area contributed by atoms with E-state index in [1.807, 2.05) is 24.3 Å². The average molecular weight is 517 g/mol. The zero-order chi connectivity index (χ0) is 25.9. The molecule has 0 aromatic heterocycles. The highest BCUT2D eigenvalue weighted by molar-refractivity contribution is 8.19. The minimum absolute atomic E-state index is 0.0409. The van der Waals surface area contributed by atoms with Gasteiger partial charge >= 0.3 is 0 Å². The Morgan fingerprint density at radius 3 is 2.41 bits per heavy atom. The largest absolute Gasteiger partial charge is 0.320 e. The lowest BCUT2D eigenvalue weighted by Crippen LogP contribution is -2.28. The maximum Gasteiger partial charge on any atom is 0.276 e. The summed E-state index contributed by atoms with van der Waals surface area (Å²) in [5, 5.41) is 11.3. The van der Waals surface area contributed by atoms with Crippen LogP contribution in [-0.4, -0.2) is 22.7 Å². The Morgan fingerprint density at radius 1 is 0.946 bits per heavy atom. The van der Waals surface area contributed by atoms with Crippen molar-refractivity contribution in [2.45, 2.75) is 26.2 Å². The summed E-state index contributed by atoms with van der Waals surface area (Å²) < 4.78 is 27.2. The average Bonchev–Trinajstić information content (AvgIpc) is 3.37. The first-order valence-electron chi connectivity index (χ1n) is 11.8. The molecule has 0 radical (unpaired) electrons. The van der Waals surface area contributed by atoms with Gasteiger partial charge in [0.05, 0.1) is 16.3 Å². The van der Waals surface area contributed by atoms with Gasteiger partial charge in [-0.15, -0.1) is 10.2 Å². The lowest BCUT2D eigenvalue weighted by Gasteiger charge is -2.15. The highest BCUT2D eigenvalue weighted by atomic mass is 32.2. The molecule has 6 nitrogen and oxygen atoms in total. The number of hydrogen-bond donors (Lipinski definition) is 1. The number of nitrogens with zero attached hydrogens (tertiary/aromatic N) is 3. The van der Waals surface area contributed by atoms with E-state index < -0.39 is 11.7 Å². The van der Waals surface area contributed by atoms with Gasteiger partial charge in [-0.3, -0.25) is 14.5 Å². The van der Waals surface area contributed by atoms with E-state index in [4.69, 9.17) is 0 Å². The number of anilines is 2. The number of rotatable bonds is 6. The summed E-state index contributed by atoms with van der Waals surface area (Å²) in [7, 11) is 0. The smallest absolute Gasteiger partial charge is 0.276 e. The molecule has 1 N–H and O–H groups in total. The van der Waals surface area contributed by atoms with Crippen LogP contribution < -0.4 is 10.2 Å². The third kappa shape index (κ3) is 5.22. The number of carbonyl (C=O) groups is 2. The summed E-state index contributed by atoms with van der Waals surface area (Å²) in [6.07, 6.45) is 4.74. The number of nitrogens with one attached hydrogen (secondary N) is 1. The molecule has 0 atom stereocenters. The highest BCUT2D eigenvalue weighted by Crippen LogP contribution is 2.36. The molecule has 1 fully saturated rings. The van der Waals surface area contributed by atoms with Gasteiger partial charge in [-0.25, -0.2) is 8.78 Å². The first-order valence-corrected chi connectivity index (χ1v) is 12.6. The van der Waals surface area contributed by atoms with Gasteiger partial charge in [0, 0.05) is 5.56 Å². The second-order valence-electron chi connectivity index (χ2n) is 8.55. The molecule has 5 rings (SSSR count). The normalized spacial score (nSPS) is 18.2. The molecule has 0 unspecified atom stereocenters. The predicted octanol–water partition coefficient (Wildman–Crippen LogP) is 6.14. The summed E-state index contributed by atoms with van der Waals surface area (Å²) in [6, 6.07) is 17.3. The van der Waals surface area contributed by atoms with Crippen LogP contribution in [0.1, 0.15) is 36.5 Å². The van der Waals surface area contributed by atoms with Crippen molar-refractivity contribution < 1.29 is 18.4 Å². The minimum Gasteiger partial charge on any atom is -0.320 e. The molecule has 0 saturated carbocycles. The van der Waals surface area contributed by atoms with Crippen LogP contribution in [0.15, 0.2) is 81.8 Å². The second kappa shape index (κ2) is 10.5. The third-order valence-corrected chi connectivity index (χ3v) is 6.88. The van der Waals surface area contributed by atoms with Crippen molar-refractivity contribution in [3.8, 4) is 0 Å². The van der Waals surface area contributed by atoms with E-state index in [9.17, 15) is 18.4 Å². The lowest BCUT2D eigenvalue weighted by molar-refractivity contribution is -0.113. The Hall–Kier alpha value is -4.11. The van der Waals surface area contributed by atoms with E-state index in [0.29, 0.717) is 27.4 Å². The van der Waals surface area contributed by atoms with Gasteiger partial charge in [0.2, 0.25) is 5.17 Å². The van der Waals surface area contributed by atoms with Crippen LogP contribution in [0.25, 0.3) is 6.08 Å². The number of fused-ring (bicyclic) bond motifs is 1. The van der Waals surface area contributed by atoms with Crippen molar-refractivity contribution in [1.29, 1.82) is 0 Å². The van der Waals surface area contributed by atoms with Crippen molar-refractivity contribution >= 4 is 51.9 Å². The van der Waals surface area contributed by atoms with E-state index in [1.165, 1.54) is 35.2 Å². The number of amides is 2. The Balaban J connectivity index is 1.53. The summed E-state index contributed by atoms with van der Waals surface area (Å²) >= 11 is 1.09. The molecule has 2 heterocycles. The van der Waals surface area contributed by atoms with Crippen molar-refractivity contribution in [3.63, 3.8) is 0 Å². The molecule has 9 heteroatoms. The maximum atomic E-state index is 13.8. The number of thioether (sulfide) groups is 1. The Labute approximate surface area is 216 Å². The van der Waals surface area contributed by atoms with Crippen molar-refractivity contribution in [2.75, 3.05) is 10.2 Å². The third-order valence-electron chi connectivity index (χ3n) is 5.92. The summed E-state index contributed by atoms with van der Waals surface area (Å²) in [5.41, 5.74) is 3.11. The number of carbonyl (C=O) groups excluding carboxylic acids is 2. The number of benzene rings is 3. The molecule has 3 aromatic rings. The molecule has 0 aliphatic carbocycles. The monoisotopic (exact) mass is 516 g/mol. The molecule has 2 aliphatic heterocycles. The fraction of sp³-hybridized carbons (Fsp3) is 0.143. The Morgan fingerprint density at radius 2 is 1.68 bits per heavy atom. The number of hydrogen-bond acceptors (Lipinski definition) is 5. The van der Waals surface area contributed by atoms with Crippen molar-refractivity contribution in [1.82, 2.24) is 0 Å². The number of amidine groups is 1. The van der Waals surface area contributed by atoms with Crippen molar-refractivity contribution in [2.24, 2.45) is 10.2 Å². The summed E-state index contributed by atoms with van der Waals surface area (Å²) in [5.74, 6) is -1.71. The minimum atomic E-state index is -0.506. The number of unbranched alkanes of at least 4 members (excludes halogenated alkanes) is 1. The fourth-order valence-electron chi connectivity index (χ4n) is 3.99. The van der Waals surface area contributed by atoms with Gasteiger partial charge in [0.15, 0.2) is 5.71 Å². The van der Waals surface area contributed by atoms with E-state index in [-0.39, 0.29) is 22.6 Å². The lowest BCUT2D eigenvalue weighted by atomic mass is 10.1. The first-order chi connectivity index (χ1) is 17.9. The molecule has 0 bridgehead atoms. The van der Waals surface area contributed by atoms with E-state index in [2.05, 4.69) is 22.4 Å². The maximum absolute atomic E-state index is 13.8. The van der Waals surface area contributed by atoms with Crippen LogP contribution >= 0.6 is 11.8 Å². The highest BCUT2D eigenvalue weighted by Gasteiger charge is 2.35.